The van der Waals surface area contributed by atoms with Gasteiger partial charge in [0.05, 0.1) is 30.9 Å². The van der Waals surface area contributed by atoms with Crippen molar-refractivity contribution in [3.05, 3.63) is 29.7 Å². The number of carbonyl (C=O) groups excluding carboxylic acids is 1. The largest absolute Gasteiger partial charge is 0.496 e. The van der Waals surface area contributed by atoms with Crippen molar-refractivity contribution < 1.29 is 41.8 Å². The number of benzene rings is 1. The van der Waals surface area contributed by atoms with Crippen LogP contribution in [0.3, 0.4) is 0 Å². The fraction of sp³-hybridized carbons (Fsp3) is 0.421. The lowest BCUT2D eigenvalue weighted by Gasteiger charge is -2.10. The number of nitrogens with one attached hydrogen (secondary N) is 2. The molecule has 11 nitrogen and oxygen atoms in total. The minimum atomic E-state index is -5.08. The summed E-state index contributed by atoms with van der Waals surface area (Å²) in [5, 5.41) is 30.0. The van der Waals surface area contributed by atoms with Crippen LogP contribution in [0.4, 0.5) is 13.2 Å². The first-order valence-corrected chi connectivity index (χ1v) is 9.34. The average molecular weight is 471 g/mol. The first-order chi connectivity index (χ1) is 15.6. The molecule has 2 aromatic rings. The van der Waals surface area contributed by atoms with Crippen LogP contribution in [0.25, 0.3) is 11.5 Å². The number of alkyl halides is 3. The predicted molar refractivity (Wildman–Crippen MR) is 104 cm³/mol. The first-order valence-electron chi connectivity index (χ1n) is 9.34. The molecule has 1 aromatic carbocycles. The Labute approximate surface area is 185 Å². The second kappa shape index (κ2) is 11.2. The Kier molecular flexibility index (Phi) is 8.71. The topological polar surface area (TPSA) is 160 Å². The number of hydrogen-bond donors (Lipinski definition) is 3. The third-order valence-corrected chi connectivity index (χ3v) is 4.35. The van der Waals surface area contributed by atoms with Crippen molar-refractivity contribution in [1.82, 2.24) is 20.8 Å². The highest BCUT2D eigenvalue weighted by molar-refractivity contribution is 5.90. The van der Waals surface area contributed by atoms with E-state index in [9.17, 15) is 18.0 Å². The third kappa shape index (κ3) is 7.16. The normalized spacial score (nSPS) is 17.5. The third-order valence-electron chi connectivity index (χ3n) is 4.35. The van der Waals surface area contributed by atoms with Crippen LogP contribution in [0.5, 0.6) is 5.75 Å². The Morgan fingerprint density at radius 1 is 1.36 bits per heavy atom. The fourth-order valence-electron chi connectivity index (χ4n) is 2.87. The van der Waals surface area contributed by atoms with Gasteiger partial charge in [-0.3, -0.25) is 4.79 Å². The summed E-state index contributed by atoms with van der Waals surface area (Å²) < 4.78 is 47.6. The van der Waals surface area contributed by atoms with E-state index in [0.29, 0.717) is 30.0 Å². The number of aromatic nitrogens is 2. The first kappa shape index (κ1) is 25.6. The van der Waals surface area contributed by atoms with E-state index in [1.807, 2.05) is 6.07 Å². The van der Waals surface area contributed by atoms with Crippen molar-refractivity contribution in [2.75, 3.05) is 27.4 Å². The molecule has 1 fully saturated rings. The number of carboxylic acids is 1. The number of carbonyl (C=O) groups is 2. The number of ether oxygens (including phenoxy) is 2. The number of amides is 1. The second-order valence-electron chi connectivity index (χ2n) is 6.71. The van der Waals surface area contributed by atoms with Gasteiger partial charge in [0, 0.05) is 25.7 Å². The zero-order chi connectivity index (χ0) is 24.6. The minimum Gasteiger partial charge on any atom is -0.496 e. The number of nitrogens with zero attached hydrogens (tertiary/aromatic N) is 3. The lowest BCUT2D eigenvalue weighted by Crippen LogP contribution is -2.36. The molecule has 3 rings (SSSR count). The summed E-state index contributed by atoms with van der Waals surface area (Å²) in [7, 11) is 3.14. The quantitative estimate of drug-likeness (QED) is 0.561. The van der Waals surface area contributed by atoms with Crippen LogP contribution in [-0.4, -0.2) is 72.8 Å². The van der Waals surface area contributed by atoms with Crippen LogP contribution in [0.1, 0.15) is 22.7 Å². The molecule has 0 saturated carbocycles. The van der Waals surface area contributed by atoms with E-state index >= 15 is 0 Å². The van der Waals surface area contributed by atoms with Gasteiger partial charge in [-0.1, -0.05) is 0 Å². The number of halogens is 3. The fourth-order valence-corrected chi connectivity index (χ4v) is 2.87. The molecule has 0 unspecified atom stereocenters. The number of nitriles is 1. The maximum absolute atomic E-state index is 12.3. The summed E-state index contributed by atoms with van der Waals surface area (Å²) in [4.78, 5) is 21.2. The van der Waals surface area contributed by atoms with E-state index < -0.39 is 18.1 Å². The molecule has 0 aliphatic carbocycles. The van der Waals surface area contributed by atoms with Crippen molar-refractivity contribution in [2.24, 2.45) is 0 Å². The zero-order valence-corrected chi connectivity index (χ0v) is 17.5. The highest BCUT2D eigenvalue weighted by atomic mass is 19.4. The molecule has 1 amide bonds. The molecule has 14 heteroatoms. The van der Waals surface area contributed by atoms with Crippen molar-refractivity contribution >= 4 is 11.9 Å². The average Bonchev–Trinajstić information content (AvgIpc) is 3.43. The monoisotopic (exact) mass is 471 g/mol. The van der Waals surface area contributed by atoms with Crippen LogP contribution < -0.4 is 15.4 Å². The van der Waals surface area contributed by atoms with Crippen molar-refractivity contribution in [3.63, 3.8) is 0 Å². The van der Waals surface area contributed by atoms with Crippen LogP contribution >= 0.6 is 0 Å². The van der Waals surface area contributed by atoms with Crippen molar-refractivity contribution in [2.45, 2.75) is 24.7 Å². The van der Waals surface area contributed by atoms with Gasteiger partial charge in [-0.15, -0.1) is 10.2 Å². The maximum atomic E-state index is 12.3. The van der Waals surface area contributed by atoms with Crippen molar-refractivity contribution in [1.29, 1.82) is 5.26 Å². The number of methoxy groups -OCH3 is 2. The SMILES string of the molecule is COC[C@@H]1C[C@@H](NC(=O)c2nnc(-c3cc(C#N)ccc3OC)o2)CN1.O=C(O)C(F)(F)F. The van der Waals surface area contributed by atoms with E-state index in [1.165, 1.54) is 7.11 Å². The molecule has 1 aliphatic rings. The summed E-state index contributed by atoms with van der Waals surface area (Å²) in [6, 6.07) is 7.05. The second-order valence-corrected chi connectivity index (χ2v) is 6.71. The molecular formula is C19H20F3N5O6. The Morgan fingerprint density at radius 3 is 2.64 bits per heavy atom. The maximum Gasteiger partial charge on any atom is 0.490 e. The molecule has 1 aromatic heterocycles. The van der Waals surface area contributed by atoms with Gasteiger partial charge in [0.1, 0.15) is 5.75 Å². The molecule has 0 bridgehead atoms. The lowest BCUT2D eigenvalue weighted by atomic mass is 10.1. The molecular weight excluding hydrogens is 451 g/mol. The smallest absolute Gasteiger partial charge is 0.490 e. The van der Waals surface area contributed by atoms with Gasteiger partial charge in [0.15, 0.2) is 0 Å². The minimum absolute atomic E-state index is 0.0329. The Morgan fingerprint density at radius 2 is 2.06 bits per heavy atom. The molecule has 33 heavy (non-hydrogen) atoms. The van der Waals surface area contributed by atoms with Gasteiger partial charge < -0.3 is 29.6 Å². The summed E-state index contributed by atoms with van der Waals surface area (Å²) >= 11 is 0. The Balaban J connectivity index is 0.000000479. The highest BCUT2D eigenvalue weighted by Crippen LogP contribution is 2.29. The van der Waals surface area contributed by atoms with E-state index in [4.69, 9.17) is 29.1 Å². The molecule has 0 spiro atoms. The Hall–Kier alpha value is -3.70. The van der Waals surface area contributed by atoms with Gasteiger partial charge in [0.2, 0.25) is 0 Å². The summed E-state index contributed by atoms with van der Waals surface area (Å²) in [5.41, 5.74) is 0.881. The molecule has 1 saturated heterocycles. The van der Waals surface area contributed by atoms with Crippen LogP contribution in [0.2, 0.25) is 0 Å². The number of rotatable bonds is 6. The van der Waals surface area contributed by atoms with Crippen molar-refractivity contribution in [3.8, 4) is 23.3 Å². The number of hydrogen-bond acceptors (Lipinski definition) is 9. The van der Waals surface area contributed by atoms with E-state index in [-0.39, 0.29) is 23.9 Å². The van der Waals surface area contributed by atoms with Gasteiger partial charge in [0.25, 0.3) is 5.89 Å². The van der Waals surface area contributed by atoms with E-state index in [0.717, 1.165) is 6.42 Å². The molecule has 2 atom stereocenters. The molecule has 2 heterocycles. The number of aliphatic carboxylic acids is 1. The molecule has 178 valence electrons. The summed E-state index contributed by atoms with van der Waals surface area (Å²) in [6.45, 7) is 1.24. The highest BCUT2D eigenvalue weighted by Gasteiger charge is 2.38. The number of carboxylic acid groups (broad SMARTS) is 1. The van der Waals surface area contributed by atoms with Gasteiger partial charge >= 0.3 is 23.9 Å². The van der Waals surface area contributed by atoms with Crippen LogP contribution in [0, 0.1) is 11.3 Å². The molecule has 0 radical (unpaired) electrons. The molecule has 1 aliphatic heterocycles. The Bertz CT molecular complexity index is 1020. The van der Waals surface area contributed by atoms with Crippen LogP contribution in [-0.2, 0) is 9.53 Å². The van der Waals surface area contributed by atoms with Gasteiger partial charge in [-0.05, 0) is 24.6 Å². The predicted octanol–water partition coefficient (Wildman–Crippen LogP) is 1.36. The zero-order valence-electron chi connectivity index (χ0n) is 17.5. The van der Waals surface area contributed by atoms with Gasteiger partial charge in [-0.25, -0.2) is 4.79 Å². The standard InChI is InChI=1S/C17H19N5O4.C2HF3O2/c1-24-9-12-6-11(8-19-12)20-15(23)17-22-21-16(26-17)13-5-10(7-18)3-4-14(13)25-2;3-2(4,5)1(6)7/h3-5,11-12,19H,6,8-9H2,1-2H3,(H,20,23);(H,6,7)/t11-,12+;/m1./s1. The molecule has 3 N–H and O–H groups in total. The van der Waals surface area contributed by atoms with Gasteiger partial charge in [-0.2, -0.15) is 18.4 Å². The van der Waals surface area contributed by atoms with E-state index in [1.54, 1.807) is 25.3 Å². The summed E-state index contributed by atoms with van der Waals surface area (Å²) in [6.07, 6.45) is -4.32. The lowest BCUT2D eigenvalue weighted by molar-refractivity contribution is -0.192. The van der Waals surface area contributed by atoms with Crippen LogP contribution in [0.15, 0.2) is 22.6 Å². The van der Waals surface area contributed by atoms with E-state index in [2.05, 4.69) is 20.8 Å². The summed E-state index contributed by atoms with van der Waals surface area (Å²) in [5.74, 6) is -2.75.